The van der Waals surface area contributed by atoms with Crippen molar-refractivity contribution in [2.75, 3.05) is 13.3 Å². The van der Waals surface area contributed by atoms with E-state index in [4.69, 9.17) is 0 Å². The van der Waals surface area contributed by atoms with Gasteiger partial charge < -0.3 is 0 Å². The van der Waals surface area contributed by atoms with Gasteiger partial charge in [0.25, 0.3) is 0 Å². The van der Waals surface area contributed by atoms with E-state index in [0.717, 1.165) is 7.05 Å². The van der Waals surface area contributed by atoms with Crippen LogP contribution < -0.4 is 5.32 Å². The van der Waals surface area contributed by atoms with Gasteiger partial charge in [-0.05, 0) is 19.1 Å². The first kappa shape index (κ1) is 8.13. The summed E-state index contributed by atoms with van der Waals surface area (Å²) in [5.41, 5.74) is 0. The van der Waals surface area contributed by atoms with Gasteiger partial charge in [0.15, 0.2) is 0 Å². The molecule has 5 heteroatoms. The number of hydrogen-bond acceptors (Lipinski definition) is 3. The van der Waals surface area contributed by atoms with E-state index in [1.807, 2.05) is 0 Å². The first-order valence-corrected chi connectivity index (χ1v) is 3.06. The summed E-state index contributed by atoms with van der Waals surface area (Å²) in [5, 5.41) is 1.67. The van der Waals surface area contributed by atoms with Crippen LogP contribution in [0.1, 0.15) is 0 Å². The highest BCUT2D eigenvalue weighted by Gasteiger charge is 2.26. The molecule has 8 heavy (non-hydrogen) atoms. The molecule has 0 aliphatic rings. The van der Waals surface area contributed by atoms with Crippen molar-refractivity contribution in [3.63, 3.8) is 0 Å². The molecule has 0 spiro atoms. The van der Waals surface area contributed by atoms with Crippen molar-refractivity contribution in [2.24, 2.45) is 0 Å². The minimum absolute atomic E-state index is 0.621. The van der Waals surface area contributed by atoms with E-state index in [1.54, 1.807) is 5.32 Å². The predicted octanol–water partition coefficient (Wildman–Crippen LogP) is 1.05. The summed E-state index contributed by atoms with van der Waals surface area (Å²) in [6.45, 7) is 0. The molecule has 0 atom stereocenters. The molecule has 0 amide bonds. The molecule has 0 heterocycles. The van der Waals surface area contributed by atoms with Crippen molar-refractivity contribution >= 4 is 12.0 Å². The van der Waals surface area contributed by atoms with Gasteiger partial charge in [0.05, 0.1) is 0 Å². The fraction of sp³-hybridized carbons (Fsp3) is 1.00. The van der Waals surface area contributed by atoms with Crippen LogP contribution in [0.15, 0.2) is 0 Å². The van der Waals surface area contributed by atoms with Crippen LogP contribution in [0, 0.1) is 0 Å². The molecule has 0 saturated heterocycles. The fourth-order valence-corrected chi connectivity index (χ4v) is 0.439. The zero-order chi connectivity index (χ0) is 6.62. The first-order valence-electron chi connectivity index (χ1n) is 1.91. The van der Waals surface area contributed by atoms with Crippen molar-refractivity contribution in [3.05, 3.63) is 0 Å². The van der Waals surface area contributed by atoms with Gasteiger partial charge in [-0.1, -0.05) is 0 Å². The van der Waals surface area contributed by atoms with Gasteiger partial charge in [-0.15, -0.1) is 0 Å². The molecule has 1 N–H and O–H groups in total. The summed E-state index contributed by atoms with van der Waals surface area (Å²) in [6.07, 6.45) is -1.77. The molecule has 0 rings (SSSR count). The Morgan fingerprint density at radius 1 is 1.62 bits per heavy atom. The molecule has 0 aromatic rings. The average molecular weight is 143 g/mol. The zero-order valence-corrected chi connectivity index (χ0v) is 5.39. The van der Waals surface area contributed by atoms with Gasteiger partial charge in [-0.2, -0.15) is 8.78 Å². The van der Waals surface area contributed by atoms with Crippen LogP contribution in [0.4, 0.5) is 8.78 Å². The molecular weight excluding hydrogens is 136 g/mol. The standard InChI is InChI=1S/C3H7F2NOS/c1-6-3(4,5)7-8-2/h6H,1-2H3. The maximum Gasteiger partial charge on any atom is 0.432 e. The largest absolute Gasteiger partial charge is 0.432 e. The lowest BCUT2D eigenvalue weighted by atomic mass is 11.0. The highest BCUT2D eigenvalue weighted by Crippen LogP contribution is 2.15. The maximum absolute atomic E-state index is 11.8. The summed E-state index contributed by atoms with van der Waals surface area (Å²) in [6, 6.07) is 0. The van der Waals surface area contributed by atoms with Gasteiger partial charge in [0.2, 0.25) is 0 Å². The van der Waals surface area contributed by atoms with Crippen LogP contribution in [0.3, 0.4) is 0 Å². The number of nitrogens with one attached hydrogen (secondary N) is 1. The van der Waals surface area contributed by atoms with E-state index in [0.29, 0.717) is 12.0 Å². The van der Waals surface area contributed by atoms with E-state index in [1.165, 1.54) is 6.26 Å². The molecule has 50 valence electrons. The van der Waals surface area contributed by atoms with Crippen molar-refractivity contribution in [3.8, 4) is 0 Å². The minimum atomic E-state index is -3.20. The Hall–Kier alpha value is 0.130. The lowest BCUT2D eigenvalue weighted by Gasteiger charge is -2.11. The van der Waals surface area contributed by atoms with Gasteiger partial charge in [0, 0.05) is 6.26 Å². The highest BCUT2D eigenvalue weighted by molar-refractivity contribution is 7.93. The minimum Gasteiger partial charge on any atom is -0.236 e. The molecule has 2 nitrogen and oxygen atoms in total. The van der Waals surface area contributed by atoms with E-state index >= 15 is 0 Å². The second-order valence-electron chi connectivity index (χ2n) is 1.02. The lowest BCUT2D eigenvalue weighted by Crippen LogP contribution is -2.33. The van der Waals surface area contributed by atoms with E-state index in [9.17, 15) is 8.78 Å². The highest BCUT2D eigenvalue weighted by atomic mass is 32.2. The SMILES string of the molecule is CNC(F)(F)OSC. The third kappa shape index (κ3) is 3.17. The van der Waals surface area contributed by atoms with Crippen molar-refractivity contribution < 1.29 is 13.0 Å². The normalized spacial score (nSPS) is 12.0. The molecule has 0 aromatic heterocycles. The Balaban J connectivity index is 3.37. The molecule has 0 radical (unpaired) electrons. The predicted molar refractivity (Wildman–Crippen MR) is 28.6 cm³/mol. The molecular formula is C3H7F2NOS. The Kier molecular flexibility index (Phi) is 3.27. The Bertz CT molecular complexity index is 70.3. The van der Waals surface area contributed by atoms with Gasteiger partial charge in [0.1, 0.15) is 0 Å². The molecule has 0 fully saturated rings. The van der Waals surface area contributed by atoms with Crippen LogP contribution in [0.25, 0.3) is 0 Å². The number of halogens is 2. The topological polar surface area (TPSA) is 21.3 Å². The van der Waals surface area contributed by atoms with Crippen LogP contribution in [-0.4, -0.2) is 19.5 Å². The molecule has 0 unspecified atom stereocenters. The van der Waals surface area contributed by atoms with E-state index in [-0.39, 0.29) is 0 Å². The van der Waals surface area contributed by atoms with Crippen molar-refractivity contribution in [1.29, 1.82) is 0 Å². The zero-order valence-electron chi connectivity index (χ0n) is 4.57. The Morgan fingerprint density at radius 2 is 2.12 bits per heavy atom. The second-order valence-corrected chi connectivity index (χ2v) is 1.52. The molecule has 0 aromatic carbocycles. The smallest absolute Gasteiger partial charge is 0.236 e. The van der Waals surface area contributed by atoms with Crippen molar-refractivity contribution in [2.45, 2.75) is 6.23 Å². The first-order chi connectivity index (χ1) is 3.62. The monoisotopic (exact) mass is 143 g/mol. The molecule has 0 saturated carbocycles. The quantitative estimate of drug-likeness (QED) is 0.362. The van der Waals surface area contributed by atoms with Gasteiger partial charge in [-0.25, -0.2) is 9.50 Å². The average Bonchev–Trinajstić information content (AvgIpc) is 1.67. The van der Waals surface area contributed by atoms with Crippen LogP contribution in [0.5, 0.6) is 0 Å². The van der Waals surface area contributed by atoms with E-state index < -0.39 is 6.23 Å². The molecule has 0 aliphatic carbocycles. The molecule has 0 bridgehead atoms. The van der Waals surface area contributed by atoms with Crippen LogP contribution >= 0.6 is 12.0 Å². The summed E-state index contributed by atoms with van der Waals surface area (Å²) in [7, 11) is 1.12. The summed E-state index contributed by atoms with van der Waals surface area (Å²) in [5.74, 6) is 0. The van der Waals surface area contributed by atoms with Crippen molar-refractivity contribution in [1.82, 2.24) is 5.32 Å². The number of rotatable bonds is 3. The molecule has 0 aliphatic heterocycles. The summed E-state index contributed by atoms with van der Waals surface area (Å²) in [4.78, 5) is 0. The third-order valence-corrected chi connectivity index (χ3v) is 0.855. The van der Waals surface area contributed by atoms with Crippen LogP contribution in [-0.2, 0) is 4.18 Å². The Morgan fingerprint density at radius 3 is 2.25 bits per heavy atom. The third-order valence-electron chi connectivity index (χ3n) is 0.479. The summed E-state index contributed by atoms with van der Waals surface area (Å²) < 4.78 is 27.4. The van der Waals surface area contributed by atoms with Gasteiger partial charge >= 0.3 is 6.23 Å². The maximum atomic E-state index is 11.8. The fourth-order valence-electron chi connectivity index (χ4n) is 0.146. The lowest BCUT2D eigenvalue weighted by molar-refractivity contribution is -0.185. The number of hydrogen-bond donors (Lipinski definition) is 1. The Labute approximate surface area is 50.8 Å². The van der Waals surface area contributed by atoms with Crippen LogP contribution in [0.2, 0.25) is 0 Å². The van der Waals surface area contributed by atoms with Gasteiger partial charge in [-0.3, -0.25) is 0 Å². The van der Waals surface area contributed by atoms with E-state index in [2.05, 4.69) is 4.18 Å². The second kappa shape index (κ2) is 3.21. The summed E-state index contributed by atoms with van der Waals surface area (Å²) >= 11 is 0.621. The number of alkyl halides is 2.